The van der Waals surface area contributed by atoms with Gasteiger partial charge in [-0.1, -0.05) is 13.3 Å². The molecule has 1 aliphatic rings. The van der Waals surface area contributed by atoms with Crippen molar-refractivity contribution in [2.45, 2.75) is 32.0 Å². The Labute approximate surface area is 103 Å². The Morgan fingerprint density at radius 3 is 2.71 bits per heavy atom. The Balaban J connectivity index is 2.24. The number of ether oxygens (including phenoxy) is 2. The number of rotatable bonds is 8. The molecule has 2 atom stereocenters. The van der Waals surface area contributed by atoms with Gasteiger partial charge in [-0.05, 0) is 13.0 Å². The Morgan fingerprint density at radius 1 is 1.35 bits per heavy atom. The molecule has 0 bridgehead atoms. The van der Waals surface area contributed by atoms with Crippen LogP contribution in [0.5, 0.6) is 0 Å². The molecule has 0 aliphatic carbocycles. The molecular formula is C10H21NO5S. The number of hydrogen-bond donors (Lipinski definition) is 1. The summed E-state index contributed by atoms with van der Waals surface area (Å²) in [5.41, 5.74) is 0. The number of hydrogen-bond acceptors (Lipinski definition) is 6. The molecule has 1 N–H and O–H groups in total. The lowest BCUT2D eigenvalue weighted by molar-refractivity contribution is 0.0305. The molecule has 1 heterocycles. The van der Waals surface area contributed by atoms with Crippen molar-refractivity contribution in [2.24, 2.45) is 0 Å². The van der Waals surface area contributed by atoms with Crippen molar-refractivity contribution >= 4 is 10.1 Å². The minimum atomic E-state index is -3.42. The number of unbranched alkanes of at least 4 members (excludes halogenated alkanes) is 1. The van der Waals surface area contributed by atoms with E-state index in [9.17, 15) is 8.42 Å². The van der Waals surface area contributed by atoms with Crippen LogP contribution in [0.4, 0.5) is 0 Å². The fourth-order valence-electron chi connectivity index (χ4n) is 1.51. The van der Waals surface area contributed by atoms with Gasteiger partial charge in [0.25, 0.3) is 10.1 Å². The zero-order valence-corrected chi connectivity index (χ0v) is 11.2. The molecule has 0 spiro atoms. The summed E-state index contributed by atoms with van der Waals surface area (Å²) in [5, 5.41) is 3.25. The highest BCUT2D eigenvalue weighted by Crippen LogP contribution is 2.13. The van der Waals surface area contributed by atoms with Crippen LogP contribution in [0.15, 0.2) is 0 Å². The topological polar surface area (TPSA) is 73.9 Å². The molecule has 0 unspecified atom stereocenters. The first-order valence-corrected chi connectivity index (χ1v) is 7.63. The van der Waals surface area contributed by atoms with Gasteiger partial charge in [-0.25, -0.2) is 0 Å². The van der Waals surface area contributed by atoms with Crippen molar-refractivity contribution in [2.75, 3.05) is 32.7 Å². The molecule has 0 aromatic rings. The van der Waals surface area contributed by atoms with Crippen LogP contribution in [0.25, 0.3) is 0 Å². The SMILES string of the molecule is CCCCNC[C@@H]1OCO[C@H]1COS(C)(=O)=O. The van der Waals surface area contributed by atoms with Gasteiger partial charge in [0.05, 0.1) is 12.9 Å². The molecule has 0 aromatic carbocycles. The van der Waals surface area contributed by atoms with Crippen LogP contribution in [-0.4, -0.2) is 53.4 Å². The summed E-state index contributed by atoms with van der Waals surface area (Å²) < 4.78 is 37.0. The van der Waals surface area contributed by atoms with Gasteiger partial charge in [0.15, 0.2) is 0 Å². The van der Waals surface area contributed by atoms with Crippen LogP contribution in [0, 0.1) is 0 Å². The van der Waals surface area contributed by atoms with E-state index in [-0.39, 0.29) is 25.6 Å². The molecule has 0 saturated carbocycles. The van der Waals surface area contributed by atoms with Crippen LogP contribution in [0.3, 0.4) is 0 Å². The molecule has 0 radical (unpaired) electrons. The van der Waals surface area contributed by atoms with E-state index in [0.29, 0.717) is 6.54 Å². The van der Waals surface area contributed by atoms with E-state index in [4.69, 9.17) is 13.7 Å². The summed E-state index contributed by atoms with van der Waals surface area (Å²) in [4.78, 5) is 0. The third-order valence-corrected chi connectivity index (χ3v) is 3.04. The average Bonchev–Trinajstić information content (AvgIpc) is 2.68. The predicted molar refractivity (Wildman–Crippen MR) is 63.2 cm³/mol. The van der Waals surface area contributed by atoms with Gasteiger partial charge in [-0.3, -0.25) is 4.18 Å². The lowest BCUT2D eigenvalue weighted by atomic mass is 10.2. The van der Waals surface area contributed by atoms with Crippen LogP contribution >= 0.6 is 0 Å². The zero-order chi connectivity index (χ0) is 12.7. The van der Waals surface area contributed by atoms with Gasteiger partial charge < -0.3 is 14.8 Å². The maximum Gasteiger partial charge on any atom is 0.264 e. The molecule has 1 fully saturated rings. The Morgan fingerprint density at radius 2 is 2.06 bits per heavy atom. The van der Waals surface area contributed by atoms with Crippen molar-refractivity contribution in [1.82, 2.24) is 5.32 Å². The standard InChI is InChI=1S/C10H21NO5S/c1-3-4-5-11-6-9-10(15-8-14-9)7-16-17(2,12)13/h9-11H,3-8H2,1-2H3/t9-,10-/m0/s1. The van der Waals surface area contributed by atoms with Crippen LogP contribution in [0.2, 0.25) is 0 Å². The molecule has 7 heteroatoms. The quantitative estimate of drug-likeness (QED) is 0.496. The van der Waals surface area contributed by atoms with Crippen LogP contribution in [-0.2, 0) is 23.8 Å². The van der Waals surface area contributed by atoms with Crippen molar-refractivity contribution in [3.05, 3.63) is 0 Å². The highest BCUT2D eigenvalue weighted by atomic mass is 32.2. The fraction of sp³-hybridized carbons (Fsp3) is 1.00. The Kier molecular flexibility index (Phi) is 6.35. The van der Waals surface area contributed by atoms with Gasteiger partial charge in [0.2, 0.25) is 0 Å². The van der Waals surface area contributed by atoms with Gasteiger partial charge in [0, 0.05) is 6.54 Å². The summed E-state index contributed by atoms with van der Waals surface area (Å²) >= 11 is 0. The van der Waals surface area contributed by atoms with Crippen molar-refractivity contribution in [1.29, 1.82) is 0 Å². The van der Waals surface area contributed by atoms with Crippen molar-refractivity contribution in [3.8, 4) is 0 Å². The van der Waals surface area contributed by atoms with E-state index in [1.165, 1.54) is 0 Å². The van der Waals surface area contributed by atoms with E-state index < -0.39 is 10.1 Å². The van der Waals surface area contributed by atoms with Crippen molar-refractivity contribution < 1.29 is 22.1 Å². The molecule has 1 rings (SSSR count). The normalized spacial score (nSPS) is 25.3. The molecule has 0 amide bonds. The average molecular weight is 267 g/mol. The second kappa shape index (κ2) is 7.27. The highest BCUT2D eigenvalue weighted by molar-refractivity contribution is 7.85. The van der Waals surface area contributed by atoms with Gasteiger partial charge in [0.1, 0.15) is 19.0 Å². The van der Waals surface area contributed by atoms with E-state index >= 15 is 0 Å². The molecule has 17 heavy (non-hydrogen) atoms. The lowest BCUT2D eigenvalue weighted by Gasteiger charge is -2.16. The zero-order valence-electron chi connectivity index (χ0n) is 10.3. The third kappa shape index (κ3) is 6.32. The molecule has 6 nitrogen and oxygen atoms in total. The van der Waals surface area contributed by atoms with Crippen LogP contribution < -0.4 is 5.32 Å². The summed E-state index contributed by atoms with van der Waals surface area (Å²) in [6, 6.07) is 0. The first-order valence-electron chi connectivity index (χ1n) is 5.81. The highest BCUT2D eigenvalue weighted by Gasteiger charge is 2.30. The first kappa shape index (κ1) is 14.8. The van der Waals surface area contributed by atoms with E-state index in [1.807, 2.05) is 0 Å². The predicted octanol–water partition coefficient (Wildman–Crippen LogP) is 0.0938. The minimum Gasteiger partial charge on any atom is -0.348 e. The van der Waals surface area contributed by atoms with Gasteiger partial charge in [-0.2, -0.15) is 8.42 Å². The smallest absolute Gasteiger partial charge is 0.264 e. The summed E-state index contributed by atoms with van der Waals surface area (Å²) in [6.45, 7) is 3.91. The summed E-state index contributed by atoms with van der Waals surface area (Å²) in [5.74, 6) is 0. The van der Waals surface area contributed by atoms with Gasteiger partial charge in [-0.15, -0.1) is 0 Å². The molecule has 0 aromatic heterocycles. The minimum absolute atomic E-state index is 0.0129. The third-order valence-electron chi connectivity index (χ3n) is 2.48. The second-order valence-corrected chi connectivity index (χ2v) is 5.72. The monoisotopic (exact) mass is 267 g/mol. The fourth-order valence-corrected chi connectivity index (χ4v) is 1.89. The van der Waals surface area contributed by atoms with E-state index in [2.05, 4.69) is 12.2 Å². The maximum absolute atomic E-state index is 10.9. The first-order chi connectivity index (χ1) is 8.03. The Bertz CT molecular complexity index is 306. The van der Waals surface area contributed by atoms with E-state index in [0.717, 1.165) is 25.6 Å². The second-order valence-electron chi connectivity index (χ2n) is 4.07. The largest absolute Gasteiger partial charge is 0.348 e. The molecule has 1 aliphatic heterocycles. The molecule has 102 valence electrons. The maximum atomic E-state index is 10.9. The lowest BCUT2D eigenvalue weighted by Crippen LogP contribution is -2.37. The van der Waals surface area contributed by atoms with E-state index in [1.54, 1.807) is 0 Å². The van der Waals surface area contributed by atoms with Crippen molar-refractivity contribution in [3.63, 3.8) is 0 Å². The Hall–Kier alpha value is -0.210. The molecule has 1 saturated heterocycles. The number of nitrogens with one attached hydrogen (secondary N) is 1. The van der Waals surface area contributed by atoms with Crippen LogP contribution in [0.1, 0.15) is 19.8 Å². The van der Waals surface area contributed by atoms with Gasteiger partial charge >= 0.3 is 0 Å². The summed E-state index contributed by atoms with van der Waals surface area (Å²) in [7, 11) is -3.42. The molecular weight excluding hydrogens is 246 g/mol. The summed E-state index contributed by atoms with van der Waals surface area (Å²) in [6.07, 6.45) is 2.80.